The molecule has 1 fully saturated rings. The molecule has 1 aliphatic rings. The van der Waals surface area contributed by atoms with Crippen LogP contribution in [0.5, 0.6) is 0 Å². The Morgan fingerprint density at radius 2 is 0.629 bits per heavy atom. The van der Waals surface area contributed by atoms with Crippen molar-refractivity contribution in [3.63, 3.8) is 0 Å². The van der Waals surface area contributed by atoms with Crippen molar-refractivity contribution < 1.29 is 55.2 Å². The van der Waals surface area contributed by atoms with Crippen LogP contribution < -0.4 is 0 Å². The van der Waals surface area contributed by atoms with Crippen LogP contribution in [0.1, 0.15) is 156 Å². The minimum Gasteiger partial charge on any atom is -0.344 e. The third-order valence-electron chi connectivity index (χ3n) is 21.0. The van der Waals surface area contributed by atoms with Gasteiger partial charge in [0, 0.05) is 11.1 Å². The van der Waals surface area contributed by atoms with Gasteiger partial charge in [-0.1, -0.05) is 311 Å². The maximum atomic E-state index is 14.6. The molecule has 0 radical (unpaired) electrons. The Hall–Kier alpha value is -10.4. The second-order valence-corrected chi connectivity index (χ2v) is 32.4. The summed E-state index contributed by atoms with van der Waals surface area (Å²) in [4.78, 5) is -2.11. The molecule has 0 amide bonds. The van der Waals surface area contributed by atoms with Crippen LogP contribution >= 0.6 is 10.2 Å². The fraction of sp³-hybridized carbons (Fsp3) is 0.255. The first-order valence-electron chi connectivity index (χ1n) is 40.4. The number of hydrogen-bond acceptors (Lipinski definition) is 2. The van der Waals surface area contributed by atoms with E-state index >= 15 is 0 Å². The summed E-state index contributed by atoms with van der Waals surface area (Å²) in [7, 11) is -9.85. The number of aryl methyl sites for hydroxylation is 7. The minimum atomic E-state index is -9.85. The van der Waals surface area contributed by atoms with E-state index in [9.17, 15) is 45.8 Å². The zero-order valence-electron chi connectivity index (χ0n) is 66.6. The topological polar surface area (TPSA) is 18.5 Å². The fourth-order valence-corrected chi connectivity index (χ4v) is 15.0. The summed E-state index contributed by atoms with van der Waals surface area (Å²) in [5.41, 5.74) is 23.2. The molecule has 0 atom stereocenters. The van der Waals surface area contributed by atoms with Crippen LogP contribution in [0.2, 0.25) is 0 Å². The first-order valence-corrected chi connectivity index (χ1v) is 42.4. The molecule has 1 saturated heterocycles. The third-order valence-corrected chi connectivity index (χ3v) is 22.2. The lowest BCUT2D eigenvalue weighted by atomic mass is 9.91. The number of rotatable bonds is 30. The van der Waals surface area contributed by atoms with Gasteiger partial charge in [0.15, 0.2) is 23.7 Å². The fourth-order valence-electron chi connectivity index (χ4n) is 14.4. The van der Waals surface area contributed by atoms with E-state index < -0.39 is 61.9 Å². The Bertz CT molecular complexity index is 5060. The zero-order chi connectivity index (χ0) is 82.4. The van der Waals surface area contributed by atoms with E-state index in [-0.39, 0.29) is 34.4 Å². The molecule has 116 heavy (non-hydrogen) atoms. The van der Waals surface area contributed by atoms with Crippen molar-refractivity contribution in [2.75, 3.05) is 13.2 Å². The molecule has 0 aromatic heterocycles. The molecule has 0 unspecified atom stereocenters. The summed E-state index contributed by atoms with van der Waals surface area (Å²) < 4.78 is 159. The molecule has 0 spiro atoms. The average molecular weight is 1600 g/mol. The summed E-state index contributed by atoms with van der Waals surface area (Å²) >= 11 is 0. The predicted octanol–water partition coefficient (Wildman–Crippen LogP) is 31.9. The van der Waals surface area contributed by atoms with Crippen molar-refractivity contribution in [1.82, 2.24) is 0 Å². The lowest BCUT2D eigenvalue weighted by Gasteiger charge is -2.40. The van der Waals surface area contributed by atoms with E-state index in [1.54, 1.807) is 30.3 Å². The van der Waals surface area contributed by atoms with Crippen LogP contribution in [0.15, 0.2) is 278 Å². The quantitative estimate of drug-likeness (QED) is 0.0254. The van der Waals surface area contributed by atoms with Crippen LogP contribution in [-0.2, 0) is 54.4 Å². The molecule has 14 heteroatoms. The number of ether oxygens (including phenoxy) is 2. The monoisotopic (exact) mass is 1600 g/mol. The first-order chi connectivity index (χ1) is 55.8. The van der Waals surface area contributed by atoms with Crippen LogP contribution in [-0.4, -0.2) is 13.2 Å². The van der Waals surface area contributed by atoms with E-state index in [1.165, 1.54) is 141 Å². The molecule has 604 valence electrons. The van der Waals surface area contributed by atoms with Crippen LogP contribution in [0.3, 0.4) is 0 Å². The summed E-state index contributed by atoms with van der Waals surface area (Å²) in [6.07, 6.45) is 24.8. The van der Waals surface area contributed by atoms with Crippen molar-refractivity contribution in [2.24, 2.45) is 0 Å². The lowest BCUT2D eigenvalue weighted by Crippen LogP contribution is -2.19. The number of allylic oxidation sites excluding steroid dienone is 2. The van der Waals surface area contributed by atoms with E-state index in [4.69, 9.17) is 9.47 Å². The highest BCUT2D eigenvalue weighted by Gasteiger charge is 2.65. The Morgan fingerprint density at radius 1 is 0.310 bits per heavy atom. The van der Waals surface area contributed by atoms with Crippen LogP contribution in [0.4, 0.5) is 45.8 Å². The van der Waals surface area contributed by atoms with Crippen LogP contribution in [0, 0.1) is 34.9 Å². The van der Waals surface area contributed by atoms with E-state index in [0.717, 1.165) is 111 Å². The van der Waals surface area contributed by atoms with Gasteiger partial charge in [0.2, 0.25) is 0 Å². The molecule has 0 aliphatic carbocycles. The second-order valence-electron chi connectivity index (χ2n) is 30.0. The average Bonchev–Trinajstić information content (AvgIpc) is 0.726. The number of benzene rings is 12. The molecule has 13 rings (SSSR count). The van der Waals surface area contributed by atoms with E-state index in [2.05, 4.69) is 180 Å². The molecular formula is C102H101F11O2S. The molecule has 12 aromatic carbocycles. The van der Waals surface area contributed by atoms with Gasteiger partial charge < -0.3 is 9.47 Å². The lowest BCUT2D eigenvalue weighted by molar-refractivity contribution is -0.160. The summed E-state index contributed by atoms with van der Waals surface area (Å²) in [6.45, 7) is 15.8. The van der Waals surface area contributed by atoms with Crippen molar-refractivity contribution in [3.8, 4) is 89.0 Å². The van der Waals surface area contributed by atoms with Gasteiger partial charge in [-0.3, -0.25) is 0 Å². The molecule has 0 bridgehead atoms. The maximum absolute atomic E-state index is 14.6. The molecule has 2 nitrogen and oxygen atoms in total. The van der Waals surface area contributed by atoms with Gasteiger partial charge in [0.25, 0.3) is 0 Å². The maximum Gasteiger partial charge on any atom is 0.310 e. The van der Waals surface area contributed by atoms with Gasteiger partial charge in [-0.15, -0.1) is 0 Å². The third kappa shape index (κ3) is 23.7. The van der Waals surface area contributed by atoms with Gasteiger partial charge in [-0.2, -0.15) is 0 Å². The smallest absolute Gasteiger partial charge is 0.310 e. The van der Waals surface area contributed by atoms with Crippen molar-refractivity contribution >= 4 is 10.2 Å². The van der Waals surface area contributed by atoms with Crippen molar-refractivity contribution in [2.45, 2.75) is 161 Å². The number of unbranched alkanes of at least 4 members (excludes halogenated alkanes) is 4. The summed E-state index contributed by atoms with van der Waals surface area (Å²) in [6, 6.07) is 75.5. The van der Waals surface area contributed by atoms with Gasteiger partial charge in [0.05, 0.1) is 18.8 Å². The van der Waals surface area contributed by atoms with Gasteiger partial charge >= 0.3 is 10.2 Å². The minimum absolute atomic E-state index is 0.0209. The molecule has 1 aliphatic heterocycles. The number of hydrogen-bond donors (Lipinski definition) is 0. The SMILES string of the molecule is C=C1COC(c2ccc(-c3ccc(-c4cc(F)c(F)c(F)c4)c(F)c3)cc2)OC1.CCCCc1ccc(-c2ccc(-c3ccc(CCCC)cc3)c(CC/C=C/CCc3cc(-c4ccc(CCCC)cc4)ccc3-c3ccc(CCCC)cc3)c2)cc1.CCCc1ccc(-c2cc(F)c(-c3ccc(S(F)(F)(F)(F)F)cc3)c(F)c2)cc1. The largest absolute Gasteiger partial charge is 0.344 e. The molecule has 0 N–H and O–H groups in total. The molecule has 0 saturated carbocycles. The highest BCUT2D eigenvalue weighted by atomic mass is 32.5. The van der Waals surface area contributed by atoms with Gasteiger partial charge in [-0.05, 0) is 248 Å². The van der Waals surface area contributed by atoms with E-state index in [1.807, 2.05) is 31.2 Å². The second kappa shape index (κ2) is 39.5. The van der Waals surface area contributed by atoms with Gasteiger partial charge in [0.1, 0.15) is 22.3 Å². The molecule has 1 heterocycles. The van der Waals surface area contributed by atoms with Crippen molar-refractivity contribution in [3.05, 3.63) is 352 Å². The van der Waals surface area contributed by atoms with Crippen LogP contribution in [0.25, 0.3) is 89.0 Å². The van der Waals surface area contributed by atoms with Crippen molar-refractivity contribution in [1.29, 1.82) is 0 Å². The van der Waals surface area contributed by atoms with Gasteiger partial charge in [-0.25, -0.2) is 26.3 Å². The Morgan fingerprint density at radius 3 is 1.00 bits per heavy atom. The highest BCUT2D eigenvalue weighted by molar-refractivity contribution is 8.45. The summed E-state index contributed by atoms with van der Waals surface area (Å²) in [5, 5.41) is 0. The first kappa shape index (κ1) is 86.5. The van der Waals surface area contributed by atoms with E-state index in [0.29, 0.717) is 36.5 Å². The Labute approximate surface area is 677 Å². The highest BCUT2D eigenvalue weighted by Crippen LogP contribution is 3.02. The standard InChI is InChI=1S/C58H68.C23H16F4O2.C21H17F7S/c1-5-9-17-45-23-31-49(32-24-45)53-39-41-57(51-35-27-47(28-36-51)19-11-7-3)55(43-53)21-15-13-14-16-22-56-44-54(50-33-25-46(26-34-50)18-10-6-2)40-42-58(56)52-37-29-48(30-38-52)20-12-8-4;1-13-11-28-23(29-12-13)15-4-2-14(3-5-15)16-6-7-18(19(24)8-16)17-9-20(25)22(27)21(26)10-17;1-2-3-14-4-6-15(7-5-14)17-12-19(22)21(20(23)13-17)16-8-10-18(11-9-16)29(24,25,26,27)28/h13-14,23-44H,5-12,15-22H2,1-4H3;2-10,23H,1,11-12H2;4-13H,2-3H2,1H3/b14-13+;;. The Balaban J connectivity index is 0.000000190. The predicted molar refractivity (Wildman–Crippen MR) is 458 cm³/mol. The normalized spacial score (nSPS) is 13.1. The Kier molecular flexibility index (Phi) is 29.5. The zero-order valence-corrected chi connectivity index (χ0v) is 67.5. The summed E-state index contributed by atoms with van der Waals surface area (Å²) in [5.74, 6) is -6.99. The molecule has 12 aromatic rings. The molecular weight excluding hydrogens is 1500 g/mol. The number of halogens is 11.